The number of anilines is 1. The van der Waals surface area contributed by atoms with Gasteiger partial charge in [-0.25, -0.2) is 9.00 Å². The standard InChI is InChI=1S/C25H22N4O6S/c1-17-7-10-35-22(17)24(31)27-21-4-2-3-18(14-21)5-6-19-13-20(16-26-15-19)23(30)28-36(34)11-8-29(9-12-36)25(32)33/h2-4,7,10,13-16H,8-9,11-12H2,1H3,(H,27,31)(H,32,33). The van der Waals surface area contributed by atoms with Crippen LogP contribution >= 0.6 is 0 Å². The molecular weight excluding hydrogens is 484 g/mol. The van der Waals surface area contributed by atoms with E-state index in [1.807, 2.05) is 0 Å². The van der Waals surface area contributed by atoms with Gasteiger partial charge in [0.25, 0.3) is 11.8 Å². The second-order valence-corrected chi connectivity index (χ2v) is 10.6. The second-order valence-electron chi connectivity index (χ2n) is 8.03. The number of aryl methyl sites for hydroxylation is 1. The summed E-state index contributed by atoms with van der Waals surface area (Å²) in [6.07, 6.45) is 3.17. The lowest BCUT2D eigenvalue weighted by molar-refractivity contribution is 0.0991. The normalized spacial score (nSPS) is 14.3. The fourth-order valence-corrected chi connectivity index (χ4v) is 5.25. The van der Waals surface area contributed by atoms with Crippen molar-refractivity contribution in [2.24, 2.45) is 4.36 Å². The quantitative estimate of drug-likeness (QED) is 0.519. The Morgan fingerprint density at radius 2 is 1.86 bits per heavy atom. The Morgan fingerprint density at radius 3 is 2.56 bits per heavy atom. The number of pyridine rings is 1. The molecule has 3 amide bonds. The van der Waals surface area contributed by atoms with Crippen molar-refractivity contribution in [2.75, 3.05) is 29.9 Å². The van der Waals surface area contributed by atoms with Crippen LogP contribution in [0.5, 0.6) is 0 Å². The Balaban J connectivity index is 1.47. The summed E-state index contributed by atoms with van der Waals surface area (Å²) in [5, 5.41) is 11.8. The highest BCUT2D eigenvalue weighted by atomic mass is 32.2. The molecule has 0 bridgehead atoms. The van der Waals surface area contributed by atoms with Gasteiger partial charge in [0.1, 0.15) is 0 Å². The molecule has 184 valence electrons. The molecule has 0 atom stereocenters. The zero-order chi connectivity index (χ0) is 25.7. The first-order chi connectivity index (χ1) is 17.2. The van der Waals surface area contributed by atoms with E-state index in [9.17, 15) is 18.6 Å². The highest BCUT2D eigenvalue weighted by Gasteiger charge is 2.25. The van der Waals surface area contributed by atoms with Gasteiger partial charge >= 0.3 is 6.09 Å². The minimum atomic E-state index is -2.84. The van der Waals surface area contributed by atoms with E-state index >= 15 is 0 Å². The number of nitrogens with zero attached hydrogens (tertiary/aromatic N) is 3. The lowest BCUT2D eigenvalue weighted by Gasteiger charge is -2.25. The van der Waals surface area contributed by atoms with Crippen LogP contribution in [0.3, 0.4) is 0 Å². The molecule has 1 saturated heterocycles. The summed E-state index contributed by atoms with van der Waals surface area (Å²) in [7, 11) is -2.84. The van der Waals surface area contributed by atoms with Gasteiger partial charge in [-0.15, -0.1) is 0 Å². The van der Waals surface area contributed by atoms with Gasteiger partial charge in [-0.3, -0.25) is 14.6 Å². The van der Waals surface area contributed by atoms with E-state index < -0.39 is 21.7 Å². The Bertz CT molecular complexity index is 1510. The van der Waals surface area contributed by atoms with E-state index in [0.29, 0.717) is 16.8 Å². The molecule has 1 aliphatic rings. The molecular formula is C25H22N4O6S. The van der Waals surface area contributed by atoms with Gasteiger partial charge in [0.15, 0.2) is 5.76 Å². The van der Waals surface area contributed by atoms with Crippen LogP contribution in [0.25, 0.3) is 0 Å². The molecule has 2 aromatic heterocycles. The van der Waals surface area contributed by atoms with Crippen molar-refractivity contribution in [3.05, 3.63) is 83.1 Å². The molecule has 3 aromatic rings. The van der Waals surface area contributed by atoms with E-state index in [2.05, 4.69) is 26.5 Å². The van der Waals surface area contributed by atoms with E-state index in [-0.39, 0.29) is 41.8 Å². The molecule has 0 spiro atoms. The van der Waals surface area contributed by atoms with Crippen molar-refractivity contribution in [3.63, 3.8) is 0 Å². The number of carbonyl (C=O) groups is 3. The summed E-state index contributed by atoms with van der Waals surface area (Å²) in [5.41, 5.74) is 2.49. The summed E-state index contributed by atoms with van der Waals surface area (Å²) in [6, 6.07) is 10.2. The Labute approximate surface area is 207 Å². The minimum absolute atomic E-state index is 0.00430. The number of benzene rings is 1. The zero-order valence-corrected chi connectivity index (χ0v) is 20.1. The number of rotatable bonds is 3. The summed E-state index contributed by atoms with van der Waals surface area (Å²) < 4.78 is 22.0. The van der Waals surface area contributed by atoms with Crippen molar-refractivity contribution in [3.8, 4) is 11.8 Å². The number of hydrogen-bond acceptors (Lipinski definition) is 6. The average molecular weight is 507 g/mol. The van der Waals surface area contributed by atoms with Crippen LogP contribution in [0.4, 0.5) is 10.5 Å². The summed E-state index contributed by atoms with van der Waals surface area (Å²) in [4.78, 5) is 41.2. The third kappa shape index (κ3) is 5.97. The monoisotopic (exact) mass is 506 g/mol. The molecule has 0 radical (unpaired) electrons. The topological polar surface area (TPSA) is 142 Å². The van der Waals surface area contributed by atoms with Crippen molar-refractivity contribution in [1.29, 1.82) is 0 Å². The summed E-state index contributed by atoms with van der Waals surface area (Å²) in [5.74, 6) is 5.08. The molecule has 0 unspecified atom stereocenters. The molecule has 1 fully saturated rings. The van der Waals surface area contributed by atoms with E-state index in [4.69, 9.17) is 9.52 Å². The first-order valence-corrected chi connectivity index (χ1v) is 12.7. The van der Waals surface area contributed by atoms with Crippen molar-refractivity contribution < 1.29 is 28.1 Å². The first kappa shape index (κ1) is 24.7. The smallest absolute Gasteiger partial charge is 0.407 e. The van der Waals surface area contributed by atoms with Gasteiger partial charge < -0.3 is 19.7 Å². The lowest BCUT2D eigenvalue weighted by Crippen LogP contribution is -2.43. The molecule has 36 heavy (non-hydrogen) atoms. The van der Waals surface area contributed by atoms with Gasteiger partial charge in [0, 0.05) is 47.9 Å². The minimum Gasteiger partial charge on any atom is -0.465 e. The van der Waals surface area contributed by atoms with Crippen LogP contribution in [0.2, 0.25) is 0 Å². The van der Waals surface area contributed by atoms with Gasteiger partial charge in [-0.2, -0.15) is 4.36 Å². The zero-order valence-electron chi connectivity index (χ0n) is 19.3. The molecule has 3 heterocycles. The largest absolute Gasteiger partial charge is 0.465 e. The van der Waals surface area contributed by atoms with E-state index in [1.165, 1.54) is 24.7 Å². The summed E-state index contributed by atoms with van der Waals surface area (Å²) >= 11 is 0. The maximum atomic E-state index is 12.9. The number of nitrogens with one attached hydrogen (secondary N) is 1. The number of aromatic nitrogens is 1. The lowest BCUT2D eigenvalue weighted by atomic mass is 10.1. The van der Waals surface area contributed by atoms with Gasteiger partial charge in [-0.05, 0) is 37.3 Å². The number of hydrogen-bond donors (Lipinski definition) is 2. The number of amides is 3. The maximum absolute atomic E-state index is 12.9. The van der Waals surface area contributed by atoms with E-state index in [0.717, 1.165) is 10.5 Å². The molecule has 11 heteroatoms. The van der Waals surface area contributed by atoms with Gasteiger partial charge in [0.2, 0.25) is 0 Å². The molecule has 2 N–H and O–H groups in total. The van der Waals surface area contributed by atoms with Crippen LogP contribution in [-0.4, -0.2) is 61.7 Å². The van der Waals surface area contributed by atoms with Gasteiger partial charge in [0.05, 0.1) is 33.1 Å². The molecule has 0 saturated carbocycles. The van der Waals surface area contributed by atoms with Crippen LogP contribution < -0.4 is 5.32 Å². The molecule has 4 rings (SSSR count). The fraction of sp³-hybridized carbons (Fsp3) is 0.200. The third-order valence-electron chi connectivity index (χ3n) is 5.41. The average Bonchev–Trinajstić information content (AvgIpc) is 3.29. The fourth-order valence-electron chi connectivity index (χ4n) is 3.44. The van der Waals surface area contributed by atoms with Crippen LogP contribution in [0, 0.1) is 18.8 Å². The number of furan rings is 1. The summed E-state index contributed by atoms with van der Waals surface area (Å²) in [6.45, 7) is 1.91. The predicted octanol–water partition coefficient (Wildman–Crippen LogP) is 3.24. The number of carbonyl (C=O) groups excluding carboxylic acids is 2. The van der Waals surface area contributed by atoms with Crippen LogP contribution in [-0.2, 0) is 9.73 Å². The van der Waals surface area contributed by atoms with Crippen LogP contribution in [0.15, 0.2) is 63.8 Å². The number of carboxylic acid groups (broad SMARTS) is 1. The van der Waals surface area contributed by atoms with Crippen molar-refractivity contribution in [2.45, 2.75) is 6.92 Å². The van der Waals surface area contributed by atoms with Gasteiger partial charge in [-0.1, -0.05) is 17.9 Å². The highest BCUT2D eigenvalue weighted by molar-refractivity contribution is 7.94. The molecule has 0 aliphatic carbocycles. The van der Waals surface area contributed by atoms with Crippen LogP contribution in [0.1, 0.15) is 37.6 Å². The predicted molar refractivity (Wildman–Crippen MR) is 132 cm³/mol. The Morgan fingerprint density at radius 1 is 1.11 bits per heavy atom. The Kier molecular flexibility index (Phi) is 7.17. The first-order valence-electron chi connectivity index (χ1n) is 10.9. The highest BCUT2D eigenvalue weighted by Crippen LogP contribution is 2.15. The Hall–Kier alpha value is -4.43. The van der Waals surface area contributed by atoms with E-state index in [1.54, 1.807) is 37.3 Å². The SMILES string of the molecule is Cc1ccoc1C(=O)Nc1cccc(C#Cc2cncc(C(=O)N=S3(=O)CCN(C(=O)O)CC3)c2)c1. The molecule has 1 aromatic carbocycles. The van der Waals surface area contributed by atoms with Crippen molar-refractivity contribution >= 4 is 33.3 Å². The molecule has 10 nitrogen and oxygen atoms in total. The molecule has 1 aliphatic heterocycles. The van der Waals surface area contributed by atoms with Crippen molar-refractivity contribution in [1.82, 2.24) is 9.88 Å². The third-order valence-corrected chi connectivity index (χ3v) is 7.54. The maximum Gasteiger partial charge on any atom is 0.407 e. The second kappa shape index (κ2) is 10.5.